The summed E-state index contributed by atoms with van der Waals surface area (Å²) in [4.78, 5) is 33.3. The van der Waals surface area contributed by atoms with Gasteiger partial charge in [-0.3, -0.25) is 19.7 Å². The quantitative estimate of drug-likeness (QED) is 0.381. The minimum atomic E-state index is -0.454. The number of benzene rings is 1. The van der Waals surface area contributed by atoms with Gasteiger partial charge in [-0.25, -0.2) is 0 Å². The van der Waals surface area contributed by atoms with Crippen LogP contribution in [0.4, 0.5) is 11.4 Å². The van der Waals surface area contributed by atoms with Crippen LogP contribution in [0.2, 0.25) is 0 Å². The number of hydrogen-bond acceptors (Lipinski definition) is 5. The summed E-state index contributed by atoms with van der Waals surface area (Å²) in [5.74, 6) is -0.413. The maximum atomic E-state index is 11.7. The first-order chi connectivity index (χ1) is 11.2. The van der Waals surface area contributed by atoms with Gasteiger partial charge in [0.2, 0.25) is 11.8 Å². The zero-order valence-corrected chi connectivity index (χ0v) is 14.2. The summed E-state index contributed by atoms with van der Waals surface area (Å²) in [7, 11) is 0. The SMILES string of the molecule is CC(C)(C)NC(=O)CNC(=O)CCCNc1ccc([N+](=O)[O-])cc1. The van der Waals surface area contributed by atoms with Gasteiger partial charge in [-0.2, -0.15) is 0 Å². The van der Waals surface area contributed by atoms with E-state index in [1.165, 1.54) is 12.1 Å². The Kier molecular flexibility index (Phi) is 7.16. The maximum Gasteiger partial charge on any atom is 0.269 e. The molecule has 2 amide bonds. The zero-order chi connectivity index (χ0) is 18.2. The maximum absolute atomic E-state index is 11.7. The van der Waals surface area contributed by atoms with Gasteiger partial charge in [0, 0.05) is 36.3 Å². The van der Waals surface area contributed by atoms with Gasteiger partial charge >= 0.3 is 0 Å². The topological polar surface area (TPSA) is 113 Å². The molecule has 8 nitrogen and oxygen atoms in total. The predicted octanol–water partition coefficient (Wildman–Crippen LogP) is 1.82. The number of rotatable bonds is 8. The third-order valence-corrected chi connectivity index (χ3v) is 2.95. The highest BCUT2D eigenvalue weighted by Crippen LogP contribution is 2.15. The van der Waals surface area contributed by atoms with E-state index >= 15 is 0 Å². The van der Waals surface area contributed by atoms with Crippen molar-refractivity contribution in [2.24, 2.45) is 0 Å². The fourth-order valence-corrected chi connectivity index (χ4v) is 1.91. The molecule has 0 heterocycles. The van der Waals surface area contributed by atoms with Crippen molar-refractivity contribution in [2.75, 3.05) is 18.4 Å². The van der Waals surface area contributed by atoms with Crippen molar-refractivity contribution in [3.63, 3.8) is 0 Å². The molecule has 1 aromatic rings. The van der Waals surface area contributed by atoms with Gasteiger partial charge in [0.25, 0.3) is 5.69 Å². The van der Waals surface area contributed by atoms with Crippen LogP contribution in [0.15, 0.2) is 24.3 Å². The van der Waals surface area contributed by atoms with Crippen LogP contribution in [-0.4, -0.2) is 35.4 Å². The first-order valence-corrected chi connectivity index (χ1v) is 7.73. The molecule has 8 heteroatoms. The second kappa shape index (κ2) is 8.85. The average molecular weight is 336 g/mol. The van der Waals surface area contributed by atoms with Gasteiger partial charge < -0.3 is 16.0 Å². The fourth-order valence-electron chi connectivity index (χ4n) is 1.91. The standard InChI is InChI=1S/C16H24N4O4/c1-16(2,3)19-15(22)11-18-14(21)5-4-10-17-12-6-8-13(9-7-12)20(23)24/h6-9,17H,4-5,10-11H2,1-3H3,(H,18,21)(H,19,22). The minimum absolute atomic E-state index is 0.0356. The summed E-state index contributed by atoms with van der Waals surface area (Å²) >= 11 is 0. The third kappa shape index (κ3) is 8.11. The number of nitro benzene ring substituents is 1. The smallest absolute Gasteiger partial charge is 0.269 e. The minimum Gasteiger partial charge on any atom is -0.385 e. The Morgan fingerprint density at radius 2 is 1.75 bits per heavy atom. The first kappa shape index (κ1) is 19.4. The van der Waals surface area contributed by atoms with E-state index in [-0.39, 0.29) is 29.6 Å². The number of non-ortho nitro benzene ring substituents is 1. The molecule has 0 saturated heterocycles. The number of nitrogens with zero attached hydrogens (tertiary/aromatic N) is 1. The molecule has 0 bridgehead atoms. The Morgan fingerprint density at radius 3 is 2.29 bits per heavy atom. The Labute approximate surface area is 141 Å². The largest absolute Gasteiger partial charge is 0.385 e. The molecule has 0 aliphatic carbocycles. The van der Waals surface area contributed by atoms with E-state index in [9.17, 15) is 19.7 Å². The second-order valence-electron chi connectivity index (χ2n) is 6.41. The molecule has 0 fully saturated rings. The highest BCUT2D eigenvalue weighted by Gasteiger charge is 2.14. The van der Waals surface area contributed by atoms with Crippen molar-refractivity contribution >= 4 is 23.2 Å². The summed E-state index contributed by atoms with van der Waals surface area (Å²) in [6, 6.07) is 6.08. The molecule has 0 unspecified atom stereocenters. The molecule has 0 spiro atoms. The molecule has 0 saturated carbocycles. The lowest BCUT2D eigenvalue weighted by atomic mass is 10.1. The molecule has 1 aromatic carbocycles. The molecule has 0 aliphatic rings. The van der Waals surface area contributed by atoms with Gasteiger partial charge in [0.1, 0.15) is 0 Å². The van der Waals surface area contributed by atoms with Crippen LogP contribution in [0.1, 0.15) is 33.6 Å². The number of anilines is 1. The van der Waals surface area contributed by atoms with Gasteiger partial charge in [-0.05, 0) is 39.3 Å². The van der Waals surface area contributed by atoms with Crippen molar-refractivity contribution in [3.05, 3.63) is 34.4 Å². The van der Waals surface area contributed by atoms with E-state index in [0.717, 1.165) is 5.69 Å². The molecule has 0 radical (unpaired) electrons. The number of amides is 2. The van der Waals surface area contributed by atoms with E-state index in [0.29, 0.717) is 19.4 Å². The monoisotopic (exact) mass is 336 g/mol. The number of carbonyl (C=O) groups is 2. The van der Waals surface area contributed by atoms with Crippen LogP contribution < -0.4 is 16.0 Å². The second-order valence-corrected chi connectivity index (χ2v) is 6.41. The van der Waals surface area contributed by atoms with E-state index in [1.54, 1.807) is 12.1 Å². The van der Waals surface area contributed by atoms with Crippen LogP contribution in [-0.2, 0) is 9.59 Å². The summed E-state index contributed by atoms with van der Waals surface area (Å²) in [6.45, 7) is 6.13. The van der Waals surface area contributed by atoms with E-state index in [4.69, 9.17) is 0 Å². The molecule has 1 rings (SSSR count). The van der Waals surface area contributed by atoms with Gasteiger partial charge in [0.05, 0.1) is 11.5 Å². The number of hydrogen-bond donors (Lipinski definition) is 3. The molecule has 24 heavy (non-hydrogen) atoms. The zero-order valence-electron chi connectivity index (χ0n) is 14.2. The number of nitrogens with one attached hydrogen (secondary N) is 3. The molecule has 0 atom stereocenters. The van der Waals surface area contributed by atoms with E-state index in [1.807, 2.05) is 20.8 Å². The van der Waals surface area contributed by atoms with Crippen LogP contribution in [0.5, 0.6) is 0 Å². The summed E-state index contributed by atoms with van der Waals surface area (Å²) in [5, 5.41) is 19.0. The Morgan fingerprint density at radius 1 is 1.12 bits per heavy atom. The molecular weight excluding hydrogens is 312 g/mol. The lowest BCUT2D eigenvalue weighted by molar-refractivity contribution is -0.384. The molecule has 0 aliphatic heterocycles. The van der Waals surface area contributed by atoms with Gasteiger partial charge in [0.15, 0.2) is 0 Å². The summed E-state index contributed by atoms with van der Waals surface area (Å²) in [5.41, 5.74) is 0.468. The Bertz CT molecular complexity index is 579. The van der Waals surface area contributed by atoms with Crippen LogP contribution in [0.3, 0.4) is 0 Å². The lowest BCUT2D eigenvalue weighted by Crippen LogP contribution is -2.45. The van der Waals surface area contributed by atoms with Gasteiger partial charge in [-0.1, -0.05) is 0 Å². The Hall–Kier alpha value is -2.64. The molecule has 0 aromatic heterocycles. The van der Waals surface area contributed by atoms with Crippen LogP contribution in [0.25, 0.3) is 0 Å². The van der Waals surface area contributed by atoms with Crippen molar-refractivity contribution < 1.29 is 14.5 Å². The lowest BCUT2D eigenvalue weighted by Gasteiger charge is -2.20. The highest BCUT2D eigenvalue weighted by molar-refractivity contribution is 5.84. The number of carbonyl (C=O) groups excluding carboxylic acids is 2. The summed E-state index contributed by atoms with van der Waals surface area (Å²) in [6.07, 6.45) is 0.881. The number of nitro groups is 1. The molecular formula is C16H24N4O4. The van der Waals surface area contributed by atoms with Crippen molar-refractivity contribution in [1.29, 1.82) is 0 Å². The normalized spacial score (nSPS) is 10.8. The fraction of sp³-hybridized carbons (Fsp3) is 0.500. The van der Waals surface area contributed by atoms with Crippen molar-refractivity contribution in [1.82, 2.24) is 10.6 Å². The highest BCUT2D eigenvalue weighted by atomic mass is 16.6. The predicted molar refractivity (Wildman–Crippen MR) is 91.7 cm³/mol. The van der Waals surface area contributed by atoms with E-state index in [2.05, 4.69) is 16.0 Å². The Balaban J connectivity index is 2.19. The van der Waals surface area contributed by atoms with Crippen molar-refractivity contribution in [2.45, 2.75) is 39.2 Å². The third-order valence-electron chi connectivity index (χ3n) is 2.95. The molecule has 132 valence electrons. The van der Waals surface area contributed by atoms with Crippen LogP contribution in [0, 0.1) is 10.1 Å². The van der Waals surface area contributed by atoms with Crippen LogP contribution >= 0.6 is 0 Å². The average Bonchev–Trinajstić information content (AvgIpc) is 2.48. The van der Waals surface area contributed by atoms with Crippen molar-refractivity contribution in [3.8, 4) is 0 Å². The van der Waals surface area contributed by atoms with Gasteiger partial charge in [-0.15, -0.1) is 0 Å². The molecule has 3 N–H and O–H groups in total. The summed E-state index contributed by atoms with van der Waals surface area (Å²) < 4.78 is 0. The van der Waals surface area contributed by atoms with E-state index < -0.39 is 4.92 Å². The first-order valence-electron chi connectivity index (χ1n) is 7.73.